The Hall–Kier alpha value is -1.57. The van der Waals surface area contributed by atoms with Crippen molar-refractivity contribution in [2.24, 2.45) is 0 Å². The predicted molar refractivity (Wildman–Crippen MR) is 87.5 cm³/mol. The zero-order valence-electron chi connectivity index (χ0n) is 13.0. The van der Waals surface area contributed by atoms with Crippen LogP contribution in [0, 0.1) is 11.3 Å². The molecule has 1 aromatic rings. The van der Waals surface area contributed by atoms with Crippen molar-refractivity contribution in [3.8, 4) is 6.07 Å². The molecule has 0 N–H and O–H groups in total. The van der Waals surface area contributed by atoms with Gasteiger partial charge in [-0.3, -0.25) is 9.69 Å². The summed E-state index contributed by atoms with van der Waals surface area (Å²) < 4.78 is 0. The first-order chi connectivity index (χ1) is 10.7. The van der Waals surface area contributed by atoms with Crippen LogP contribution in [0.2, 0.25) is 5.02 Å². The molecule has 5 heteroatoms. The minimum atomic E-state index is -0.346. The minimum absolute atomic E-state index is 0.229. The van der Waals surface area contributed by atoms with E-state index in [9.17, 15) is 10.1 Å². The lowest BCUT2D eigenvalue weighted by atomic mass is 10.1. The van der Waals surface area contributed by atoms with Crippen molar-refractivity contribution >= 4 is 17.5 Å². The van der Waals surface area contributed by atoms with Gasteiger partial charge in [-0.25, -0.2) is 0 Å². The van der Waals surface area contributed by atoms with Crippen LogP contribution in [-0.2, 0) is 4.79 Å². The van der Waals surface area contributed by atoms with Gasteiger partial charge in [0.05, 0.1) is 6.07 Å². The number of nitrogens with zero attached hydrogens (tertiary/aromatic N) is 3. The molecule has 0 aliphatic carbocycles. The normalized spacial score (nSPS) is 17.0. The molecule has 2 rings (SSSR count). The highest BCUT2D eigenvalue weighted by Crippen LogP contribution is 2.27. The van der Waals surface area contributed by atoms with Gasteiger partial charge in [0.25, 0.3) is 0 Å². The van der Waals surface area contributed by atoms with Crippen molar-refractivity contribution in [3.05, 3.63) is 34.9 Å². The van der Waals surface area contributed by atoms with E-state index in [0.29, 0.717) is 37.6 Å². The Morgan fingerprint density at radius 3 is 2.59 bits per heavy atom. The van der Waals surface area contributed by atoms with E-state index < -0.39 is 0 Å². The molecule has 0 aromatic heterocycles. The van der Waals surface area contributed by atoms with Gasteiger partial charge in [-0.2, -0.15) is 5.26 Å². The molecule has 1 atom stereocenters. The third-order valence-corrected chi connectivity index (χ3v) is 4.44. The van der Waals surface area contributed by atoms with E-state index in [0.717, 1.165) is 18.4 Å². The average molecular weight is 320 g/mol. The molecule has 0 bridgehead atoms. The fraction of sp³-hybridized carbons (Fsp3) is 0.529. The molecular formula is C17H22ClN3O. The first-order valence-electron chi connectivity index (χ1n) is 7.83. The molecule has 1 fully saturated rings. The third-order valence-electron chi connectivity index (χ3n) is 4.10. The van der Waals surface area contributed by atoms with Crippen molar-refractivity contribution in [1.29, 1.82) is 5.26 Å². The van der Waals surface area contributed by atoms with Crippen LogP contribution in [0.1, 0.15) is 37.8 Å². The first kappa shape index (κ1) is 16.8. The highest BCUT2D eigenvalue weighted by atomic mass is 35.5. The molecule has 118 valence electrons. The fourth-order valence-corrected chi connectivity index (χ4v) is 3.00. The summed E-state index contributed by atoms with van der Waals surface area (Å²) in [6.45, 7) is 4.88. The van der Waals surface area contributed by atoms with E-state index in [1.54, 1.807) is 0 Å². The van der Waals surface area contributed by atoms with Gasteiger partial charge < -0.3 is 4.90 Å². The summed E-state index contributed by atoms with van der Waals surface area (Å²) in [5, 5.41) is 10.1. The number of nitriles is 1. The maximum Gasteiger partial charge on any atom is 0.222 e. The number of rotatable bonds is 5. The molecular weight excluding hydrogens is 298 g/mol. The topological polar surface area (TPSA) is 47.3 Å². The van der Waals surface area contributed by atoms with E-state index >= 15 is 0 Å². The quantitative estimate of drug-likeness (QED) is 0.837. The molecule has 22 heavy (non-hydrogen) atoms. The lowest BCUT2D eigenvalue weighted by Gasteiger charge is -2.37. The van der Waals surface area contributed by atoms with Gasteiger partial charge >= 0.3 is 0 Å². The Kier molecular flexibility index (Phi) is 6.23. The van der Waals surface area contributed by atoms with E-state index in [1.807, 2.05) is 29.2 Å². The zero-order chi connectivity index (χ0) is 15.9. The minimum Gasteiger partial charge on any atom is -0.340 e. The Morgan fingerprint density at radius 2 is 2.00 bits per heavy atom. The number of unbranched alkanes of at least 4 members (excludes halogenated alkanes) is 1. The van der Waals surface area contributed by atoms with Crippen LogP contribution in [0.25, 0.3) is 0 Å². The SMILES string of the molecule is CCCCC(=O)N1CCN(C(C#N)c2ccccc2Cl)CC1. The van der Waals surface area contributed by atoms with Crippen LogP contribution in [0.3, 0.4) is 0 Å². The third kappa shape index (κ3) is 4.00. The lowest BCUT2D eigenvalue weighted by Crippen LogP contribution is -2.49. The highest BCUT2D eigenvalue weighted by Gasteiger charge is 2.27. The smallest absolute Gasteiger partial charge is 0.222 e. The van der Waals surface area contributed by atoms with Crippen LogP contribution in [0.5, 0.6) is 0 Å². The second-order valence-electron chi connectivity index (χ2n) is 5.57. The fourth-order valence-electron chi connectivity index (χ4n) is 2.76. The summed E-state index contributed by atoms with van der Waals surface area (Å²) in [7, 11) is 0. The number of halogens is 1. The molecule has 1 heterocycles. The van der Waals surface area contributed by atoms with Crippen molar-refractivity contribution < 1.29 is 4.79 Å². The molecule has 1 saturated heterocycles. The maximum atomic E-state index is 12.0. The summed E-state index contributed by atoms with van der Waals surface area (Å²) in [5.74, 6) is 0.229. The molecule has 0 radical (unpaired) electrons. The van der Waals surface area contributed by atoms with Crippen molar-refractivity contribution in [2.45, 2.75) is 32.2 Å². The Morgan fingerprint density at radius 1 is 1.32 bits per heavy atom. The van der Waals surface area contributed by atoms with Crippen molar-refractivity contribution in [2.75, 3.05) is 26.2 Å². The number of benzene rings is 1. The first-order valence-corrected chi connectivity index (χ1v) is 8.21. The van der Waals surface area contributed by atoms with Crippen LogP contribution in [0.15, 0.2) is 24.3 Å². The monoisotopic (exact) mass is 319 g/mol. The van der Waals surface area contributed by atoms with E-state index in [4.69, 9.17) is 11.6 Å². The van der Waals surface area contributed by atoms with Crippen molar-refractivity contribution in [3.63, 3.8) is 0 Å². The van der Waals surface area contributed by atoms with Crippen molar-refractivity contribution in [1.82, 2.24) is 9.80 Å². The summed E-state index contributed by atoms with van der Waals surface area (Å²) in [4.78, 5) is 16.1. The second kappa shape index (κ2) is 8.17. The molecule has 0 saturated carbocycles. The van der Waals surface area contributed by atoms with E-state index in [2.05, 4.69) is 17.9 Å². The molecule has 1 amide bonds. The molecule has 1 aromatic carbocycles. The number of carbonyl (C=O) groups excluding carboxylic acids is 1. The number of carbonyl (C=O) groups is 1. The maximum absolute atomic E-state index is 12.0. The van der Waals surface area contributed by atoms with Gasteiger partial charge in [0.1, 0.15) is 6.04 Å². The predicted octanol–water partition coefficient (Wildman–Crippen LogP) is 3.24. The molecule has 1 unspecified atom stereocenters. The molecule has 1 aliphatic rings. The molecule has 1 aliphatic heterocycles. The summed E-state index contributed by atoms with van der Waals surface area (Å²) in [6.07, 6.45) is 2.61. The Bertz CT molecular complexity index is 547. The van der Waals surface area contributed by atoms with E-state index in [1.165, 1.54) is 0 Å². The number of amides is 1. The largest absolute Gasteiger partial charge is 0.340 e. The second-order valence-corrected chi connectivity index (χ2v) is 5.98. The Balaban J connectivity index is 1.97. The standard InChI is InChI=1S/C17H22ClN3O/c1-2-3-8-17(22)21-11-9-20(10-12-21)16(13-19)14-6-4-5-7-15(14)18/h4-7,16H,2-3,8-12H2,1H3. The van der Waals surface area contributed by atoms with Crippen LogP contribution in [0.4, 0.5) is 0 Å². The van der Waals surface area contributed by atoms with Gasteiger partial charge in [0, 0.05) is 43.2 Å². The highest BCUT2D eigenvalue weighted by molar-refractivity contribution is 6.31. The van der Waals surface area contributed by atoms with Gasteiger partial charge in [0.15, 0.2) is 0 Å². The number of hydrogen-bond donors (Lipinski definition) is 0. The Labute approximate surface area is 137 Å². The van der Waals surface area contributed by atoms with Crippen LogP contribution in [-0.4, -0.2) is 41.9 Å². The molecule has 4 nitrogen and oxygen atoms in total. The van der Waals surface area contributed by atoms with Gasteiger partial charge in [-0.1, -0.05) is 43.1 Å². The van der Waals surface area contributed by atoms with E-state index in [-0.39, 0.29) is 11.9 Å². The summed E-state index contributed by atoms with van der Waals surface area (Å²) >= 11 is 6.21. The zero-order valence-corrected chi connectivity index (χ0v) is 13.7. The summed E-state index contributed by atoms with van der Waals surface area (Å²) in [5.41, 5.74) is 0.845. The van der Waals surface area contributed by atoms with Gasteiger partial charge in [-0.15, -0.1) is 0 Å². The average Bonchev–Trinajstić information content (AvgIpc) is 2.55. The van der Waals surface area contributed by atoms with Gasteiger partial charge in [0.2, 0.25) is 5.91 Å². The van der Waals surface area contributed by atoms with Crippen LogP contribution < -0.4 is 0 Å². The van der Waals surface area contributed by atoms with Gasteiger partial charge in [-0.05, 0) is 12.5 Å². The summed E-state index contributed by atoms with van der Waals surface area (Å²) in [6, 6.07) is 9.47. The number of hydrogen-bond acceptors (Lipinski definition) is 3. The number of piperazine rings is 1. The lowest BCUT2D eigenvalue weighted by molar-refractivity contribution is -0.133. The molecule has 0 spiro atoms. The van der Waals surface area contributed by atoms with Crippen LogP contribution >= 0.6 is 11.6 Å².